The molecule has 0 unspecified atom stereocenters. The van der Waals surface area contributed by atoms with Crippen molar-refractivity contribution in [1.29, 1.82) is 0 Å². The van der Waals surface area contributed by atoms with Gasteiger partial charge in [0.15, 0.2) is 0 Å². The lowest BCUT2D eigenvalue weighted by Gasteiger charge is -2.03. The van der Waals surface area contributed by atoms with E-state index in [2.05, 4.69) is 12.6 Å². The van der Waals surface area contributed by atoms with Crippen molar-refractivity contribution in [3.63, 3.8) is 0 Å². The number of benzene rings is 1. The molecule has 0 bridgehead atoms. The molecule has 2 rings (SSSR count). The summed E-state index contributed by atoms with van der Waals surface area (Å²) < 4.78 is 26.0. The number of hydrogen-bond donors (Lipinski definition) is 1. The molecule has 0 radical (unpaired) electrons. The monoisotopic (exact) mass is 250 g/mol. The predicted octanol–water partition coefficient (Wildman–Crippen LogP) is 4.78. The molecule has 0 amide bonds. The molecule has 0 aliphatic carbocycles. The summed E-state index contributed by atoms with van der Waals surface area (Å²) in [6.45, 7) is 0. The summed E-state index contributed by atoms with van der Waals surface area (Å²) >= 11 is 11.2. The first-order valence-electron chi connectivity index (χ1n) is 3.77. The van der Waals surface area contributed by atoms with Crippen molar-refractivity contribution in [2.45, 2.75) is 11.3 Å². The van der Waals surface area contributed by atoms with Crippen LogP contribution in [-0.4, -0.2) is 0 Å². The molecule has 0 spiro atoms. The third-order valence-electron chi connectivity index (χ3n) is 1.89. The summed E-state index contributed by atoms with van der Waals surface area (Å²) in [4.78, 5) is 0.581. The number of thiol groups is 1. The van der Waals surface area contributed by atoms with E-state index < -0.39 is 6.43 Å². The highest BCUT2D eigenvalue weighted by Gasteiger charge is 2.15. The van der Waals surface area contributed by atoms with Gasteiger partial charge in [0.25, 0.3) is 6.43 Å². The molecule has 2 aromatic rings. The lowest BCUT2D eigenvalue weighted by Crippen LogP contribution is -1.85. The Hall–Kier alpha value is -0.320. The Bertz CT molecular complexity index is 479. The maximum atomic E-state index is 12.6. The van der Waals surface area contributed by atoms with Crippen LogP contribution in [0.3, 0.4) is 0 Å². The maximum absolute atomic E-state index is 12.6. The van der Waals surface area contributed by atoms with Gasteiger partial charge >= 0.3 is 0 Å². The highest BCUT2D eigenvalue weighted by molar-refractivity contribution is 7.80. The summed E-state index contributed by atoms with van der Waals surface area (Å²) in [5.41, 5.74) is -0.0428. The highest BCUT2D eigenvalue weighted by atomic mass is 35.5. The lowest BCUT2D eigenvalue weighted by molar-refractivity contribution is 0.153. The van der Waals surface area contributed by atoms with Gasteiger partial charge in [-0.05, 0) is 12.1 Å². The third-order valence-corrected chi connectivity index (χ3v) is 3.56. The molecule has 0 nitrogen and oxygen atoms in total. The molecule has 0 atom stereocenters. The van der Waals surface area contributed by atoms with Crippen LogP contribution in [0.4, 0.5) is 8.78 Å². The van der Waals surface area contributed by atoms with Crippen LogP contribution in [0.5, 0.6) is 0 Å². The number of thiophene rings is 1. The topological polar surface area (TPSA) is 0 Å². The van der Waals surface area contributed by atoms with Crippen LogP contribution in [0.1, 0.15) is 12.0 Å². The van der Waals surface area contributed by atoms with Crippen molar-refractivity contribution in [3.8, 4) is 0 Å². The van der Waals surface area contributed by atoms with Gasteiger partial charge in [-0.15, -0.1) is 24.0 Å². The molecule has 1 heterocycles. The summed E-state index contributed by atoms with van der Waals surface area (Å²) in [7, 11) is 0. The number of alkyl halides is 2. The number of rotatable bonds is 1. The second-order valence-corrected chi connectivity index (χ2v) is 4.62. The average molecular weight is 251 g/mol. The zero-order valence-corrected chi connectivity index (χ0v) is 9.27. The largest absolute Gasteiger partial charge is 0.264 e. The highest BCUT2D eigenvalue weighted by Crippen LogP contribution is 2.38. The maximum Gasteiger partial charge on any atom is 0.264 e. The fraction of sp³-hybridized carbons (Fsp3) is 0.111. The van der Waals surface area contributed by atoms with Crippen LogP contribution in [0, 0.1) is 0 Å². The summed E-state index contributed by atoms with van der Waals surface area (Å²) in [5.74, 6) is 0. The van der Waals surface area contributed by atoms with E-state index in [0.717, 1.165) is 4.70 Å². The number of hydrogen-bond acceptors (Lipinski definition) is 2. The first-order valence-corrected chi connectivity index (χ1v) is 5.48. The zero-order valence-electron chi connectivity index (χ0n) is 6.80. The standard InChI is InChI=1S/C9H5ClF2S2/c10-4-1-5(9(11)12)8-6(13)3-14-7(8)2-4/h1-3,9,13H. The van der Waals surface area contributed by atoms with Crippen molar-refractivity contribution >= 4 is 45.7 Å². The third kappa shape index (κ3) is 1.62. The van der Waals surface area contributed by atoms with E-state index in [0.29, 0.717) is 15.3 Å². The Labute approximate surface area is 93.9 Å². The molecule has 1 aromatic heterocycles. The van der Waals surface area contributed by atoms with Crippen LogP contribution < -0.4 is 0 Å². The minimum Gasteiger partial charge on any atom is -0.205 e. The smallest absolute Gasteiger partial charge is 0.205 e. The average Bonchev–Trinajstić information content (AvgIpc) is 2.46. The summed E-state index contributed by atoms with van der Waals surface area (Å²) in [6.07, 6.45) is -2.52. The van der Waals surface area contributed by atoms with Crippen LogP contribution >= 0.6 is 35.6 Å². The molecule has 0 aliphatic rings. The molecular formula is C9H5ClF2S2. The first kappa shape index (κ1) is 10.2. The van der Waals surface area contributed by atoms with E-state index in [1.165, 1.54) is 17.4 Å². The van der Waals surface area contributed by atoms with Gasteiger partial charge in [0, 0.05) is 30.9 Å². The minimum absolute atomic E-state index is 0.0428. The van der Waals surface area contributed by atoms with Crippen LogP contribution in [0.2, 0.25) is 5.02 Å². The molecule has 74 valence electrons. The number of fused-ring (bicyclic) bond motifs is 1. The fourth-order valence-electron chi connectivity index (χ4n) is 1.32. The van der Waals surface area contributed by atoms with Gasteiger partial charge in [-0.1, -0.05) is 11.6 Å². The zero-order chi connectivity index (χ0) is 10.3. The Kier molecular flexibility index (Phi) is 2.68. The van der Waals surface area contributed by atoms with Crippen molar-refractivity contribution in [2.75, 3.05) is 0 Å². The Morgan fingerprint density at radius 2 is 2.07 bits per heavy atom. The van der Waals surface area contributed by atoms with Gasteiger partial charge in [0.05, 0.1) is 0 Å². The van der Waals surface area contributed by atoms with Crippen molar-refractivity contribution < 1.29 is 8.78 Å². The van der Waals surface area contributed by atoms with Crippen LogP contribution in [0.25, 0.3) is 10.1 Å². The van der Waals surface area contributed by atoms with Gasteiger partial charge in [0.1, 0.15) is 0 Å². The molecular weight excluding hydrogens is 246 g/mol. The Morgan fingerprint density at radius 1 is 1.36 bits per heavy atom. The van der Waals surface area contributed by atoms with E-state index in [1.54, 1.807) is 11.4 Å². The number of halogens is 3. The molecule has 5 heteroatoms. The van der Waals surface area contributed by atoms with E-state index in [-0.39, 0.29) is 5.56 Å². The fourth-order valence-corrected chi connectivity index (χ4v) is 2.99. The molecule has 0 fully saturated rings. The summed E-state index contributed by atoms with van der Waals surface area (Å²) in [5, 5.41) is 2.58. The van der Waals surface area contributed by atoms with Crippen LogP contribution in [-0.2, 0) is 0 Å². The quantitative estimate of drug-likeness (QED) is 0.692. The Balaban J connectivity index is 2.83. The van der Waals surface area contributed by atoms with Crippen molar-refractivity contribution in [1.82, 2.24) is 0 Å². The van der Waals surface area contributed by atoms with Gasteiger partial charge in [-0.2, -0.15) is 0 Å². The van der Waals surface area contributed by atoms with Gasteiger partial charge < -0.3 is 0 Å². The van der Waals surface area contributed by atoms with Gasteiger partial charge in [0.2, 0.25) is 0 Å². The van der Waals surface area contributed by atoms with Crippen molar-refractivity contribution in [3.05, 3.63) is 28.1 Å². The minimum atomic E-state index is -2.52. The molecule has 0 N–H and O–H groups in total. The summed E-state index contributed by atoms with van der Waals surface area (Å²) in [6, 6.07) is 2.97. The van der Waals surface area contributed by atoms with Gasteiger partial charge in [-0.3, -0.25) is 0 Å². The SMILES string of the molecule is FC(F)c1cc(Cl)cc2scc(S)c12. The Morgan fingerprint density at radius 3 is 2.71 bits per heavy atom. The second kappa shape index (κ2) is 3.68. The lowest BCUT2D eigenvalue weighted by atomic mass is 10.1. The normalized spacial score (nSPS) is 11.5. The van der Waals surface area contributed by atoms with E-state index in [1.807, 2.05) is 0 Å². The molecule has 14 heavy (non-hydrogen) atoms. The van der Waals surface area contributed by atoms with E-state index >= 15 is 0 Å². The first-order chi connectivity index (χ1) is 6.59. The van der Waals surface area contributed by atoms with E-state index in [4.69, 9.17) is 11.6 Å². The second-order valence-electron chi connectivity index (χ2n) is 2.79. The van der Waals surface area contributed by atoms with Crippen molar-refractivity contribution in [2.24, 2.45) is 0 Å². The van der Waals surface area contributed by atoms with E-state index in [9.17, 15) is 8.78 Å². The van der Waals surface area contributed by atoms with Gasteiger partial charge in [-0.25, -0.2) is 8.78 Å². The molecule has 0 saturated heterocycles. The van der Waals surface area contributed by atoms with Crippen LogP contribution in [0.15, 0.2) is 22.4 Å². The predicted molar refractivity (Wildman–Crippen MR) is 59.0 cm³/mol. The molecule has 0 saturated carbocycles. The molecule has 0 aliphatic heterocycles. The molecule has 1 aromatic carbocycles.